The Morgan fingerprint density at radius 2 is 0.539 bits per heavy atom. The van der Waals surface area contributed by atoms with Crippen molar-refractivity contribution in [3.63, 3.8) is 0 Å². The number of aromatic nitrogens is 5. The number of nitriles is 2. The summed E-state index contributed by atoms with van der Waals surface area (Å²) in [6.07, 6.45) is 3.61. The fraction of sp³-hybridized carbons (Fsp3) is 0. The highest BCUT2D eigenvalue weighted by atomic mass is 15.0. The van der Waals surface area contributed by atoms with Crippen LogP contribution in [0.5, 0.6) is 0 Å². The lowest BCUT2D eigenvalue weighted by molar-refractivity contribution is 1.18. The van der Waals surface area contributed by atoms with Crippen LogP contribution < -0.4 is 0 Å². The summed E-state index contributed by atoms with van der Waals surface area (Å²) in [4.78, 5) is 14.3. The standard InChI is InChI=1S/C48H27N3.C47H26N4/c49-28-34-18-22-43-47-39(34)19-20-40-38(21-23-44(48(40)47)51(43)37-10-5-2-6-11-37)35-24-30-14-16-32-26-36(27-33-17-15-31(25-35)45(30)46(32)33)42-13-7-12-41(50-42)29-8-3-1-4-9-29;48-27-33-13-17-42-46-38(33)14-15-39-37(16-18-43(47(39)46)51(42)36-5-2-1-3-6-36)34-23-29-9-11-31-25-35(26-32-12-10-30(24-34)44(29)45(31)32)41-8-4-7-40(50-41)28-19-21-49-22-20-28/h1-27H;1-26H. The zero-order valence-corrected chi connectivity index (χ0v) is 54.7. The molecule has 0 saturated carbocycles. The van der Waals surface area contributed by atoms with Gasteiger partial charge in [0, 0.05) is 78.3 Å². The van der Waals surface area contributed by atoms with E-state index in [1.807, 2.05) is 48.5 Å². The third-order valence-electron chi connectivity index (χ3n) is 21.3. The highest BCUT2D eigenvalue weighted by Crippen LogP contribution is 2.49. The van der Waals surface area contributed by atoms with Gasteiger partial charge >= 0.3 is 0 Å². The van der Waals surface area contributed by atoms with Gasteiger partial charge in [0.05, 0.1) is 68.1 Å². The fourth-order valence-corrected chi connectivity index (χ4v) is 16.8. The van der Waals surface area contributed by atoms with E-state index in [0.29, 0.717) is 11.1 Å². The smallest absolute Gasteiger partial charge is 0.0998 e. The molecule has 0 unspecified atom stereocenters. The maximum Gasteiger partial charge on any atom is 0.0998 e. The molecule has 22 rings (SSSR count). The molecule has 5 aromatic heterocycles. The van der Waals surface area contributed by atoms with Crippen molar-refractivity contribution in [2.24, 2.45) is 0 Å². The maximum atomic E-state index is 10.0. The molecule has 0 aliphatic carbocycles. The lowest BCUT2D eigenvalue weighted by Crippen LogP contribution is -1.93. The van der Waals surface area contributed by atoms with Crippen molar-refractivity contribution in [3.05, 3.63) is 333 Å². The highest BCUT2D eigenvalue weighted by Gasteiger charge is 2.25. The lowest BCUT2D eigenvalue weighted by atomic mass is 9.88. The van der Waals surface area contributed by atoms with Crippen LogP contribution in [0.25, 0.3) is 208 Å². The molecule has 0 aliphatic rings. The molecule has 22 aromatic rings. The van der Waals surface area contributed by atoms with Crippen LogP contribution in [-0.2, 0) is 0 Å². The molecule has 0 fully saturated rings. The second kappa shape index (κ2) is 22.2. The minimum Gasteiger partial charge on any atom is -0.309 e. The molecule has 102 heavy (non-hydrogen) atoms. The van der Waals surface area contributed by atoms with Crippen LogP contribution in [0.3, 0.4) is 0 Å². The van der Waals surface area contributed by atoms with Crippen LogP contribution in [0.1, 0.15) is 11.1 Å². The third-order valence-corrected chi connectivity index (χ3v) is 21.3. The van der Waals surface area contributed by atoms with Gasteiger partial charge in [0.1, 0.15) is 0 Å². The fourth-order valence-electron chi connectivity index (χ4n) is 16.8. The number of hydrogen-bond donors (Lipinski definition) is 0. The molecule has 0 amide bonds. The Morgan fingerprint density at radius 3 is 0.902 bits per heavy atom. The number of benzene rings is 17. The summed E-state index contributed by atoms with van der Waals surface area (Å²) < 4.78 is 4.66. The summed E-state index contributed by atoms with van der Waals surface area (Å²) in [5.41, 5.74) is 21.1. The number of hydrogen-bond acceptors (Lipinski definition) is 5. The Morgan fingerprint density at radius 1 is 0.235 bits per heavy atom. The summed E-state index contributed by atoms with van der Waals surface area (Å²) in [5.74, 6) is 0. The Labute approximate surface area is 584 Å². The van der Waals surface area contributed by atoms with Gasteiger partial charge in [-0.1, -0.05) is 164 Å². The Hall–Kier alpha value is -14.1. The molecule has 468 valence electrons. The van der Waals surface area contributed by atoms with Gasteiger partial charge in [0.25, 0.3) is 0 Å². The van der Waals surface area contributed by atoms with Gasteiger partial charge in [-0.3, -0.25) is 4.98 Å². The summed E-state index contributed by atoms with van der Waals surface area (Å²) >= 11 is 0. The maximum absolute atomic E-state index is 10.0. The van der Waals surface area contributed by atoms with Crippen molar-refractivity contribution in [1.29, 1.82) is 10.5 Å². The molecule has 0 saturated heterocycles. The average molecular weight is 1290 g/mol. The first-order valence-corrected chi connectivity index (χ1v) is 34.4. The van der Waals surface area contributed by atoms with E-state index in [0.717, 1.165) is 100 Å². The zero-order chi connectivity index (χ0) is 67.3. The van der Waals surface area contributed by atoms with Crippen molar-refractivity contribution in [3.8, 4) is 90.8 Å². The van der Waals surface area contributed by atoms with Gasteiger partial charge in [-0.25, -0.2) is 9.97 Å². The molecule has 7 nitrogen and oxygen atoms in total. The van der Waals surface area contributed by atoms with Gasteiger partial charge in [-0.15, -0.1) is 0 Å². The number of rotatable bonds is 8. The van der Waals surface area contributed by atoms with Gasteiger partial charge < -0.3 is 9.13 Å². The van der Waals surface area contributed by atoms with E-state index >= 15 is 0 Å². The summed E-state index contributed by atoms with van der Waals surface area (Å²) in [7, 11) is 0. The molecule has 0 atom stereocenters. The van der Waals surface area contributed by atoms with E-state index in [9.17, 15) is 10.5 Å². The SMILES string of the molecule is N#Cc1ccc2c3c1ccc1c(-c4cc5ccc6cc(-c7cccc(-c8ccccc8)n7)cc7ccc(c4)c5c67)ccc(c13)n2-c1ccccc1.N#Cc1ccc2c3c1ccc1c(-c4cc5ccc6cc(-c7cccc(-c8ccncc8)n7)cc7ccc(c4)c5c67)ccc(c13)n2-c1ccccc1. The van der Waals surface area contributed by atoms with E-state index in [1.54, 1.807) is 12.4 Å². The van der Waals surface area contributed by atoms with Crippen LogP contribution >= 0.6 is 0 Å². The third kappa shape index (κ3) is 8.62. The Kier molecular flexibility index (Phi) is 12.4. The van der Waals surface area contributed by atoms with E-state index in [1.165, 1.54) is 108 Å². The van der Waals surface area contributed by atoms with Gasteiger partial charge in [-0.05, 0) is 243 Å². The van der Waals surface area contributed by atoms with Crippen LogP contribution in [0, 0.1) is 22.7 Å². The second-order valence-corrected chi connectivity index (χ2v) is 26.8. The molecule has 0 bridgehead atoms. The molecule has 0 aliphatic heterocycles. The molecule has 17 aromatic carbocycles. The number of para-hydroxylation sites is 2. The predicted molar refractivity (Wildman–Crippen MR) is 422 cm³/mol. The van der Waals surface area contributed by atoms with E-state index in [-0.39, 0.29) is 0 Å². The van der Waals surface area contributed by atoms with Gasteiger partial charge in [-0.2, -0.15) is 10.5 Å². The Balaban J connectivity index is 0.000000133. The zero-order valence-electron chi connectivity index (χ0n) is 54.7. The first-order valence-electron chi connectivity index (χ1n) is 34.4. The Bertz CT molecular complexity index is 6670. The largest absolute Gasteiger partial charge is 0.309 e. The highest BCUT2D eigenvalue weighted by molar-refractivity contribution is 6.31. The molecule has 5 heterocycles. The average Bonchev–Trinajstić information content (AvgIpc) is 1.49. The van der Waals surface area contributed by atoms with Crippen molar-refractivity contribution < 1.29 is 0 Å². The normalized spacial score (nSPS) is 11.9. The first-order chi connectivity index (χ1) is 50.5. The summed E-state index contributed by atoms with van der Waals surface area (Å²) in [6, 6.07) is 115. The quantitative estimate of drug-likeness (QED) is 0.141. The summed E-state index contributed by atoms with van der Waals surface area (Å²) in [5, 5.41) is 44.0. The van der Waals surface area contributed by atoms with Crippen molar-refractivity contribution >= 4 is 130 Å². The van der Waals surface area contributed by atoms with Crippen LogP contribution in [-0.4, -0.2) is 24.1 Å². The van der Waals surface area contributed by atoms with E-state index < -0.39 is 0 Å². The minimum absolute atomic E-state index is 0.699. The number of nitrogens with zero attached hydrogens (tertiary/aromatic N) is 7. The monoisotopic (exact) mass is 1290 g/mol. The second-order valence-electron chi connectivity index (χ2n) is 26.8. The molecule has 7 heteroatoms. The lowest BCUT2D eigenvalue weighted by Gasteiger charge is -2.15. The van der Waals surface area contributed by atoms with Crippen molar-refractivity contribution in [2.75, 3.05) is 0 Å². The topological polar surface area (TPSA) is 96.1 Å². The molecular formula is C95H53N7. The predicted octanol–water partition coefficient (Wildman–Crippen LogP) is 24.5. The van der Waals surface area contributed by atoms with Gasteiger partial charge in [0.15, 0.2) is 0 Å². The molecular weight excluding hydrogens is 1240 g/mol. The van der Waals surface area contributed by atoms with E-state index in [2.05, 4.69) is 287 Å². The first kappa shape index (κ1) is 57.0. The number of pyridine rings is 3. The molecule has 0 radical (unpaired) electrons. The van der Waals surface area contributed by atoms with Crippen molar-refractivity contribution in [2.45, 2.75) is 0 Å². The summed E-state index contributed by atoms with van der Waals surface area (Å²) in [6.45, 7) is 0. The molecule has 0 N–H and O–H groups in total. The van der Waals surface area contributed by atoms with Crippen molar-refractivity contribution in [1.82, 2.24) is 24.1 Å². The minimum atomic E-state index is 0.699. The van der Waals surface area contributed by atoms with Crippen LogP contribution in [0.2, 0.25) is 0 Å². The van der Waals surface area contributed by atoms with Gasteiger partial charge in [0.2, 0.25) is 0 Å². The van der Waals surface area contributed by atoms with E-state index in [4.69, 9.17) is 9.97 Å². The van der Waals surface area contributed by atoms with Crippen LogP contribution in [0.4, 0.5) is 0 Å². The van der Waals surface area contributed by atoms with Crippen LogP contribution in [0.15, 0.2) is 322 Å². The molecule has 0 spiro atoms.